The molecular formula is C16H35N3O. The van der Waals surface area contributed by atoms with E-state index in [1.165, 1.54) is 32.1 Å². The third kappa shape index (κ3) is 4.99. The predicted molar refractivity (Wildman–Crippen MR) is 85.6 cm³/mol. The van der Waals surface area contributed by atoms with Crippen LogP contribution in [0.2, 0.25) is 0 Å². The second-order valence-corrected chi connectivity index (χ2v) is 6.76. The molecule has 1 atom stereocenters. The molecule has 0 bridgehead atoms. The topological polar surface area (TPSA) is 52.7 Å². The van der Waals surface area contributed by atoms with Gasteiger partial charge in [-0.2, -0.15) is 0 Å². The summed E-state index contributed by atoms with van der Waals surface area (Å²) in [5.41, 5.74) is 6.02. The fraction of sp³-hybridized carbons (Fsp3) is 1.00. The normalized spacial score (nSPS) is 21.8. The number of aliphatic hydroxyl groups is 1. The first-order chi connectivity index (χ1) is 9.56. The maximum Gasteiger partial charge on any atom is 0.0677 e. The molecule has 3 N–H and O–H groups in total. The summed E-state index contributed by atoms with van der Waals surface area (Å²) in [5, 5.41) is 9.29. The molecule has 20 heavy (non-hydrogen) atoms. The van der Waals surface area contributed by atoms with Crippen LogP contribution in [0.3, 0.4) is 0 Å². The Labute approximate surface area is 125 Å². The van der Waals surface area contributed by atoms with E-state index in [2.05, 4.69) is 30.6 Å². The highest BCUT2D eigenvalue weighted by Crippen LogP contribution is 2.35. The van der Waals surface area contributed by atoms with E-state index in [9.17, 15) is 5.11 Å². The predicted octanol–water partition coefficient (Wildman–Crippen LogP) is 1.88. The average molecular weight is 285 g/mol. The molecule has 1 heterocycles. The zero-order valence-corrected chi connectivity index (χ0v) is 13.8. The lowest BCUT2D eigenvalue weighted by Gasteiger charge is -2.42. The number of nitrogens with zero attached hydrogens (tertiary/aromatic N) is 2. The van der Waals surface area contributed by atoms with Gasteiger partial charge in [0, 0.05) is 32.7 Å². The Hall–Kier alpha value is -0.160. The summed E-state index contributed by atoms with van der Waals surface area (Å²) in [5.74, 6) is 0. The summed E-state index contributed by atoms with van der Waals surface area (Å²) in [6, 6.07) is 0. The Morgan fingerprint density at radius 2 is 1.75 bits per heavy atom. The number of hydrogen-bond donors (Lipinski definition) is 2. The van der Waals surface area contributed by atoms with E-state index < -0.39 is 0 Å². The molecule has 1 rings (SSSR count). The van der Waals surface area contributed by atoms with Crippen molar-refractivity contribution < 1.29 is 5.11 Å². The van der Waals surface area contributed by atoms with Crippen LogP contribution in [0.1, 0.15) is 52.9 Å². The lowest BCUT2D eigenvalue weighted by atomic mass is 9.82. The van der Waals surface area contributed by atoms with Crippen molar-refractivity contribution in [3.63, 3.8) is 0 Å². The molecule has 0 radical (unpaired) electrons. The first kappa shape index (κ1) is 17.9. The van der Waals surface area contributed by atoms with E-state index in [1.807, 2.05) is 0 Å². The van der Waals surface area contributed by atoms with E-state index >= 15 is 0 Å². The number of hydrogen-bond acceptors (Lipinski definition) is 4. The molecular weight excluding hydrogens is 250 g/mol. The van der Waals surface area contributed by atoms with Gasteiger partial charge in [0.25, 0.3) is 0 Å². The van der Waals surface area contributed by atoms with Crippen LogP contribution in [0.25, 0.3) is 0 Å². The molecule has 0 saturated carbocycles. The van der Waals surface area contributed by atoms with Gasteiger partial charge < -0.3 is 10.8 Å². The molecule has 0 aromatic rings. The molecule has 0 spiro atoms. The Kier molecular flexibility index (Phi) is 8.03. The summed E-state index contributed by atoms with van der Waals surface area (Å²) < 4.78 is 0. The van der Waals surface area contributed by atoms with Gasteiger partial charge in [-0.3, -0.25) is 9.80 Å². The molecule has 0 aliphatic carbocycles. The number of rotatable bonds is 10. The summed E-state index contributed by atoms with van der Waals surface area (Å²) >= 11 is 0. The van der Waals surface area contributed by atoms with Crippen LogP contribution in [0, 0.1) is 5.41 Å². The molecule has 0 amide bonds. The van der Waals surface area contributed by atoms with Gasteiger partial charge in [-0.05, 0) is 11.8 Å². The van der Waals surface area contributed by atoms with Crippen LogP contribution in [0.4, 0.5) is 0 Å². The minimum absolute atomic E-state index is 0.249. The molecule has 4 nitrogen and oxygen atoms in total. The fourth-order valence-electron chi connectivity index (χ4n) is 3.62. The number of aliphatic hydroxyl groups excluding tert-OH is 1. The van der Waals surface area contributed by atoms with Crippen LogP contribution in [-0.2, 0) is 0 Å². The zero-order valence-electron chi connectivity index (χ0n) is 13.8. The largest absolute Gasteiger partial charge is 0.395 e. The number of nitrogens with two attached hydrogens (primary N) is 1. The van der Waals surface area contributed by atoms with Crippen molar-refractivity contribution in [2.45, 2.75) is 59.0 Å². The maximum absolute atomic E-state index is 9.29. The van der Waals surface area contributed by atoms with Gasteiger partial charge in [0.1, 0.15) is 0 Å². The summed E-state index contributed by atoms with van der Waals surface area (Å²) in [7, 11) is 0. The first-order valence-corrected chi connectivity index (χ1v) is 8.36. The van der Waals surface area contributed by atoms with E-state index in [4.69, 9.17) is 5.73 Å². The van der Waals surface area contributed by atoms with Crippen molar-refractivity contribution in [3.8, 4) is 0 Å². The van der Waals surface area contributed by atoms with E-state index in [0.717, 1.165) is 32.7 Å². The molecule has 120 valence electrons. The van der Waals surface area contributed by atoms with Crippen LogP contribution in [0.15, 0.2) is 0 Å². The van der Waals surface area contributed by atoms with Crippen molar-refractivity contribution in [2.24, 2.45) is 11.1 Å². The highest BCUT2D eigenvalue weighted by atomic mass is 16.3. The van der Waals surface area contributed by atoms with E-state index in [1.54, 1.807) is 0 Å². The minimum atomic E-state index is 0.249. The summed E-state index contributed by atoms with van der Waals surface area (Å²) in [6.07, 6.45) is 6.96. The molecule has 1 saturated heterocycles. The highest BCUT2D eigenvalue weighted by Gasteiger charge is 2.41. The van der Waals surface area contributed by atoms with Gasteiger partial charge in [0.15, 0.2) is 0 Å². The van der Waals surface area contributed by atoms with Crippen molar-refractivity contribution in [3.05, 3.63) is 0 Å². The van der Waals surface area contributed by atoms with E-state index in [-0.39, 0.29) is 12.0 Å². The molecule has 0 aromatic heterocycles. The number of unbranched alkanes of at least 4 members (excludes halogenated alkanes) is 3. The van der Waals surface area contributed by atoms with Gasteiger partial charge in [0.05, 0.1) is 12.8 Å². The third-order valence-electron chi connectivity index (χ3n) is 4.54. The molecule has 1 unspecified atom stereocenters. The van der Waals surface area contributed by atoms with Gasteiger partial charge in [-0.1, -0.05) is 46.5 Å². The lowest BCUT2D eigenvalue weighted by Crippen LogP contribution is -2.51. The number of β-amino-alcohol motifs (C(OH)–C–C–N with tert-alkyl or cyclic N) is 1. The Morgan fingerprint density at radius 1 is 1.10 bits per heavy atom. The molecule has 1 aliphatic rings. The lowest BCUT2D eigenvalue weighted by molar-refractivity contribution is 0.0148. The van der Waals surface area contributed by atoms with Gasteiger partial charge >= 0.3 is 0 Å². The van der Waals surface area contributed by atoms with Crippen molar-refractivity contribution >= 4 is 0 Å². The van der Waals surface area contributed by atoms with Gasteiger partial charge in [-0.25, -0.2) is 0 Å². The molecule has 0 aromatic carbocycles. The molecule has 1 aliphatic heterocycles. The van der Waals surface area contributed by atoms with Crippen LogP contribution >= 0.6 is 0 Å². The van der Waals surface area contributed by atoms with Crippen molar-refractivity contribution in [2.75, 3.05) is 39.3 Å². The standard InChI is InChI=1S/C16H35N3O/c1-4-5-6-7-8-16(2,3)15-18(10-9-17)11-12-19(15)13-14-20/h15,20H,4-14,17H2,1-3H3. The molecule has 4 heteroatoms. The SMILES string of the molecule is CCCCCCC(C)(C)C1N(CCN)CCN1CCO. The first-order valence-electron chi connectivity index (χ1n) is 8.36. The fourth-order valence-corrected chi connectivity index (χ4v) is 3.62. The Balaban J connectivity index is 2.62. The second kappa shape index (κ2) is 8.98. The molecule has 1 fully saturated rings. The second-order valence-electron chi connectivity index (χ2n) is 6.76. The van der Waals surface area contributed by atoms with E-state index in [0.29, 0.717) is 6.17 Å². The van der Waals surface area contributed by atoms with Crippen molar-refractivity contribution in [1.29, 1.82) is 0 Å². The Morgan fingerprint density at radius 3 is 2.30 bits per heavy atom. The minimum Gasteiger partial charge on any atom is -0.395 e. The smallest absolute Gasteiger partial charge is 0.0677 e. The van der Waals surface area contributed by atoms with Gasteiger partial charge in [0.2, 0.25) is 0 Å². The van der Waals surface area contributed by atoms with Crippen molar-refractivity contribution in [1.82, 2.24) is 9.80 Å². The maximum atomic E-state index is 9.29. The quantitative estimate of drug-likeness (QED) is 0.602. The summed E-state index contributed by atoms with van der Waals surface area (Å²) in [6.45, 7) is 11.9. The van der Waals surface area contributed by atoms with Crippen LogP contribution in [0.5, 0.6) is 0 Å². The summed E-state index contributed by atoms with van der Waals surface area (Å²) in [4.78, 5) is 4.95. The Bertz CT molecular complexity index is 244. The van der Waals surface area contributed by atoms with Crippen LogP contribution in [-0.4, -0.2) is 60.4 Å². The monoisotopic (exact) mass is 285 g/mol. The third-order valence-corrected chi connectivity index (χ3v) is 4.54. The zero-order chi connectivity index (χ0) is 15.0. The van der Waals surface area contributed by atoms with Crippen LogP contribution < -0.4 is 5.73 Å². The highest BCUT2D eigenvalue weighted by molar-refractivity contribution is 4.91. The average Bonchev–Trinajstić information content (AvgIpc) is 2.79. The van der Waals surface area contributed by atoms with Gasteiger partial charge in [-0.15, -0.1) is 0 Å².